The summed E-state index contributed by atoms with van der Waals surface area (Å²) in [6.07, 6.45) is 25.8. The van der Waals surface area contributed by atoms with Crippen LogP contribution in [0.25, 0.3) is 0 Å². The van der Waals surface area contributed by atoms with Crippen molar-refractivity contribution in [2.75, 3.05) is 26.2 Å². The monoisotopic (exact) mass is 363 g/mol. The third-order valence-corrected chi connectivity index (χ3v) is 6.45. The highest BCUT2D eigenvalue weighted by atomic mass is 15.2. The topological polar surface area (TPSA) is 6.25 Å². The summed E-state index contributed by atoms with van der Waals surface area (Å²) in [4.78, 5) is 2.79. The molecular formula is C24H47N2+. The van der Waals surface area contributed by atoms with Crippen LogP contribution in [0.5, 0.6) is 0 Å². The van der Waals surface area contributed by atoms with Gasteiger partial charge in [0.05, 0.1) is 26.2 Å². The minimum atomic E-state index is 1.32. The van der Waals surface area contributed by atoms with Crippen molar-refractivity contribution in [2.24, 2.45) is 0 Å². The van der Waals surface area contributed by atoms with Gasteiger partial charge in [-0.05, 0) is 51.4 Å². The average Bonchev–Trinajstić information content (AvgIpc) is 2.87. The Labute approximate surface area is 164 Å². The number of rotatable bonds is 12. The Morgan fingerprint density at radius 1 is 0.654 bits per heavy atom. The van der Waals surface area contributed by atoms with E-state index < -0.39 is 0 Å². The molecule has 0 unspecified atom stereocenters. The molecule has 152 valence electrons. The average molecular weight is 364 g/mol. The van der Waals surface area contributed by atoms with Crippen LogP contribution in [0.1, 0.15) is 122 Å². The first-order valence-electron chi connectivity index (χ1n) is 12.3. The van der Waals surface area contributed by atoms with Gasteiger partial charge in [-0.2, -0.15) is 0 Å². The van der Waals surface area contributed by atoms with Crippen LogP contribution in [0.4, 0.5) is 0 Å². The lowest BCUT2D eigenvalue weighted by molar-refractivity contribution is -0.534. The molecule has 0 fully saturated rings. The molecule has 0 saturated carbocycles. The molecule has 0 aromatic carbocycles. The van der Waals surface area contributed by atoms with Crippen LogP contribution in [-0.2, 0) is 0 Å². The van der Waals surface area contributed by atoms with E-state index in [0.29, 0.717) is 0 Å². The minimum Gasteiger partial charge on any atom is -0.266 e. The van der Waals surface area contributed by atoms with Gasteiger partial charge in [-0.3, -0.25) is 9.48 Å². The summed E-state index contributed by atoms with van der Waals surface area (Å²) in [5, 5.41) is 0. The smallest absolute Gasteiger partial charge is 0.246 e. The summed E-state index contributed by atoms with van der Waals surface area (Å²) in [5.41, 5.74) is 0. The van der Waals surface area contributed by atoms with Crippen LogP contribution in [0.15, 0.2) is 0 Å². The molecular weight excluding hydrogens is 316 g/mol. The summed E-state index contributed by atoms with van der Waals surface area (Å²) in [6, 6.07) is 0. The molecule has 2 heterocycles. The number of hydrogen-bond donors (Lipinski definition) is 0. The third-order valence-electron chi connectivity index (χ3n) is 6.45. The van der Waals surface area contributed by atoms with Gasteiger partial charge in [0, 0.05) is 6.42 Å². The first-order valence-corrected chi connectivity index (χ1v) is 12.3. The standard InChI is InChI=1S/C24H47N2/c1-2-3-4-5-6-7-8-9-10-11-15-20-25-22-17-13-18-23-26-21-16-12-14-19-24(25)26/h2-23H2,1H3/q+1. The van der Waals surface area contributed by atoms with E-state index in [1.807, 2.05) is 0 Å². The van der Waals surface area contributed by atoms with E-state index in [0.717, 1.165) is 0 Å². The number of unbranched alkanes of at least 4 members (excludes halogenated alkanes) is 10. The maximum absolute atomic E-state index is 2.79. The molecule has 0 N–H and O–H groups in total. The van der Waals surface area contributed by atoms with E-state index in [4.69, 9.17) is 0 Å². The molecule has 0 bridgehead atoms. The van der Waals surface area contributed by atoms with E-state index in [1.165, 1.54) is 142 Å². The molecule has 2 aliphatic heterocycles. The second kappa shape index (κ2) is 14.5. The van der Waals surface area contributed by atoms with Crippen molar-refractivity contribution >= 4 is 5.84 Å². The lowest BCUT2D eigenvalue weighted by Crippen LogP contribution is -2.41. The van der Waals surface area contributed by atoms with E-state index in [9.17, 15) is 0 Å². The second-order valence-corrected chi connectivity index (χ2v) is 8.80. The number of hydrogen-bond acceptors (Lipinski definition) is 1. The van der Waals surface area contributed by atoms with E-state index in [1.54, 1.807) is 5.84 Å². The molecule has 26 heavy (non-hydrogen) atoms. The number of nitrogens with zero attached hydrogens (tertiary/aromatic N) is 2. The summed E-state index contributed by atoms with van der Waals surface area (Å²) < 4.78 is 2.75. The van der Waals surface area contributed by atoms with Crippen molar-refractivity contribution < 1.29 is 4.58 Å². The zero-order chi connectivity index (χ0) is 18.3. The molecule has 0 spiro atoms. The molecule has 0 aliphatic carbocycles. The fourth-order valence-electron chi connectivity index (χ4n) is 4.77. The molecule has 0 radical (unpaired) electrons. The van der Waals surface area contributed by atoms with Gasteiger partial charge in [-0.25, -0.2) is 0 Å². The highest BCUT2D eigenvalue weighted by Gasteiger charge is 2.25. The molecule has 0 saturated heterocycles. The van der Waals surface area contributed by atoms with Gasteiger partial charge in [-0.15, -0.1) is 0 Å². The van der Waals surface area contributed by atoms with Crippen molar-refractivity contribution in [3.8, 4) is 0 Å². The SMILES string of the molecule is CCCCCCCCCCCCCN1CCCCC[N+]2=C1CCCCC2. The molecule has 0 aromatic heterocycles. The van der Waals surface area contributed by atoms with Gasteiger partial charge in [0.2, 0.25) is 5.84 Å². The number of amidine groups is 1. The van der Waals surface area contributed by atoms with Crippen molar-refractivity contribution in [1.82, 2.24) is 4.90 Å². The maximum atomic E-state index is 2.79. The van der Waals surface area contributed by atoms with Crippen molar-refractivity contribution in [3.05, 3.63) is 0 Å². The Bertz CT molecular complexity index is 374. The lowest BCUT2D eigenvalue weighted by Gasteiger charge is -2.24. The van der Waals surface area contributed by atoms with Gasteiger partial charge in [0.25, 0.3) is 0 Å². The summed E-state index contributed by atoms with van der Waals surface area (Å²) in [5.74, 6) is 1.72. The predicted octanol–water partition coefficient (Wildman–Crippen LogP) is 6.77. The van der Waals surface area contributed by atoms with Gasteiger partial charge in [0.1, 0.15) is 0 Å². The van der Waals surface area contributed by atoms with Crippen LogP contribution in [0, 0.1) is 0 Å². The van der Waals surface area contributed by atoms with Gasteiger partial charge >= 0.3 is 0 Å². The minimum absolute atomic E-state index is 1.32. The highest BCUT2D eigenvalue weighted by Crippen LogP contribution is 2.17. The second-order valence-electron chi connectivity index (χ2n) is 8.80. The van der Waals surface area contributed by atoms with Crippen LogP contribution >= 0.6 is 0 Å². The van der Waals surface area contributed by atoms with Crippen LogP contribution < -0.4 is 0 Å². The molecule has 2 aliphatic rings. The molecule has 0 amide bonds. The molecule has 2 rings (SSSR count). The predicted molar refractivity (Wildman–Crippen MR) is 115 cm³/mol. The Morgan fingerprint density at radius 2 is 1.23 bits per heavy atom. The first kappa shape index (κ1) is 21.8. The van der Waals surface area contributed by atoms with Crippen LogP contribution in [0.2, 0.25) is 0 Å². The quantitative estimate of drug-likeness (QED) is 0.274. The van der Waals surface area contributed by atoms with Gasteiger partial charge in [0.15, 0.2) is 0 Å². The van der Waals surface area contributed by atoms with Gasteiger partial charge < -0.3 is 0 Å². The molecule has 0 aromatic rings. The van der Waals surface area contributed by atoms with Crippen molar-refractivity contribution in [3.63, 3.8) is 0 Å². The normalized spacial score (nSPS) is 19.0. The van der Waals surface area contributed by atoms with Crippen molar-refractivity contribution in [1.29, 1.82) is 0 Å². The molecule has 2 heteroatoms. The van der Waals surface area contributed by atoms with Crippen LogP contribution in [0.3, 0.4) is 0 Å². The fourth-order valence-corrected chi connectivity index (χ4v) is 4.77. The van der Waals surface area contributed by atoms with E-state index in [-0.39, 0.29) is 0 Å². The Hall–Kier alpha value is -0.530. The Morgan fingerprint density at radius 3 is 1.88 bits per heavy atom. The summed E-state index contributed by atoms with van der Waals surface area (Å²) >= 11 is 0. The van der Waals surface area contributed by atoms with E-state index in [2.05, 4.69) is 16.4 Å². The Kier molecular flexibility index (Phi) is 12.2. The van der Waals surface area contributed by atoms with Gasteiger partial charge in [-0.1, -0.05) is 64.7 Å². The molecule has 2 nitrogen and oxygen atoms in total. The van der Waals surface area contributed by atoms with E-state index >= 15 is 0 Å². The Balaban J connectivity index is 1.57. The summed E-state index contributed by atoms with van der Waals surface area (Å²) in [6.45, 7) is 7.60. The van der Waals surface area contributed by atoms with Crippen LogP contribution in [-0.4, -0.2) is 41.5 Å². The summed E-state index contributed by atoms with van der Waals surface area (Å²) in [7, 11) is 0. The highest BCUT2D eigenvalue weighted by molar-refractivity contribution is 5.77. The van der Waals surface area contributed by atoms with Crippen molar-refractivity contribution in [2.45, 2.75) is 122 Å². The lowest BCUT2D eigenvalue weighted by atomic mass is 10.1. The largest absolute Gasteiger partial charge is 0.266 e. The maximum Gasteiger partial charge on any atom is 0.246 e. The fraction of sp³-hybridized carbons (Fsp3) is 0.958. The zero-order valence-electron chi connectivity index (χ0n) is 18.0. The molecule has 0 atom stereocenters. The first-order chi connectivity index (χ1) is 12.9. The zero-order valence-corrected chi connectivity index (χ0v) is 18.0. The third kappa shape index (κ3) is 8.91.